The van der Waals surface area contributed by atoms with Gasteiger partial charge in [-0.3, -0.25) is 14.6 Å². The molecular formula is C18H35N4O5+. The molecule has 3 aliphatic heterocycles. The lowest BCUT2D eigenvalue weighted by molar-refractivity contribution is -0.717. The smallest absolute Gasteiger partial charge is 0.246 e. The number of aliphatic hydroxyl groups excluding tert-OH is 2. The molecule has 3 fully saturated rings. The fraction of sp³-hybridized carbons (Fsp3) is 0.944. The lowest BCUT2D eigenvalue weighted by Gasteiger charge is -2.42. The van der Waals surface area contributed by atoms with Gasteiger partial charge >= 0.3 is 0 Å². The highest BCUT2D eigenvalue weighted by atomic mass is 16.5. The predicted molar refractivity (Wildman–Crippen MR) is 98.0 cm³/mol. The van der Waals surface area contributed by atoms with Gasteiger partial charge in [0.2, 0.25) is 5.91 Å². The first-order valence-electron chi connectivity index (χ1n) is 10.2. The molecule has 0 bridgehead atoms. The number of quaternary nitrogens is 1. The van der Waals surface area contributed by atoms with Crippen LogP contribution in [0.15, 0.2) is 0 Å². The Balaban J connectivity index is 1.55. The second-order valence-corrected chi connectivity index (χ2v) is 7.77. The quantitative estimate of drug-likeness (QED) is 0.367. The normalized spacial score (nSPS) is 36.0. The Labute approximate surface area is 161 Å². The van der Waals surface area contributed by atoms with Gasteiger partial charge in [0.05, 0.1) is 25.3 Å². The summed E-state index contributed by atoms with van der Waals surface area (Å²) in [4.78, 5) is 16.5. The van der Waals surface area contributed by atoms with Crippen LogP contribution >= 0.6 is 0 Å². The van der Waals surface area contributed by atoms with Gasteiger partial charge in [0, 0.05) is 46.3 Å². The highest BCUT2D eigenvalue weighted by Gasteiger charge is 2.47. The van der Waals surface area contributed by atoms with Crippen molar-refractivity contribution in [1.82, 2.24) is 15.1 Å². The van der Waals surface area contributed by atoms with Gasteiger partial charge in [-0.25, -0.2) is 0 Å². The second kappa shape index (κ2) is 10.1. The first-order valence-corrected chi connectivity index (χ1v) is 10.2. The van der Waals surface area contributed by atoms with Gasteiger partial charge in [0.25, 0.3) is 0 Å². The third kappa shape index (κ3) is 5.17. The van der Waals surface area contributed by atoms with E-state index in [9.17, 15) is 15.0 Å². The Bertz CT molecular complexity index is 469. The van der Waals surface area contributed by atoms with E-state index in [1.807, 2.05) is 0 Å². The summed E-state index contributed by atoms with van der Waals surface area (Å²) in [5.74, 6) is -0.209. The van der Waals surface area contributed by atoms with Crippen molar-refractivity contribution in [2.45, 2.75) is 49.8 Å². The maximum absolute atomic E-state index is 11.7. The van der Waals surface area contributed by atoms with Crippen LogP contribution in [0.4, 0.5) is 0 Å². The van der Waals surface area contributed by atoms with Crippen molar-refractivity contribution in [1.29, 1.82) is 0 Å². The second-order valence-electron chi connectivity index (χ2n) is 7.77. The number of hydrogen-bond donors (Lipinski definition) is 4. The number of piperazine rings is 1. The zero-order valence-electron chi connectivity index (χ0n) is 16.3. The van der Waals surface area contributed by atoms with Crippen molar-refractivity contribution in [2.24, 2.45) is 0 Å². The van der Waals surface area contributed by atoms with Crippen LogP contribution in [0.3, 0.4) is 0 Å². The minimum atomic E-state index is -0.757. The lowest BCUT2D eigenvalue weighted by Crippen LogP contribution is -2.95. The largest absolute Gasteiger partial charge is 0.394 e. The maximum Gasteiger partial charge on any atom is 0.246 e. The molecule has 0 aromatic rings. The summed E-state index contributed by atoms with van der Waals surface area (Å²) < 4.78 is 10.7. The van der Waals surface area contributed by atoms with Crippen molar-refractivity contribution in [3.8, 4) is 0 Å². The number of aliphatic hydroxyl groups is 2. The van der Waals surface area contributed by atoms with Crippen LogP contribution < -0.4 is 10.6 Å². The number of nitrogens with two attached hydrogens (primary N) is 1. The van der Waals surface area contributed by atoms with Gasteiger partial charge < -0.3 is 30.3 Å². The van der Waals surface area contributed by atoms with Crippen molar-refractivity contribution < 1.29 is 29.8 Å². The zero-order valence-corrected chi connectivity index (χ0v) is 16.3. The van der Waals surface area contributed by atoms with E-state index in [-0.39, 0.29) is 31.3 Å². The molecule has 3 saturated heterocycles. The highest BCUT2D eigenvalue weighted by Crippen LogP contribution is 2.27. The summed E-state index contributed by atoms with van der Waals surface area (Å²) >= 11 is 0. The highest BCUT2D eigenvalue weighted by molar-refractivity contribution is 5.77. The molecule has 0 aliphatic carbocycles. The SMILES string of the molecule is COCC(=O)NC[C@@H]1O[C@@H](CO)[C@@H](O)[C@H]1N1CCN(C2CCCC[NH2+]2)CC1. The molecule has 5 N–H and O–H groups in total. The molecule has 0 aromatic heterocycles. The molecule has 5 atom stereocenters. The van der Waals surface area contributed by atoms with Crippen molar-refractivity contribution >= 4 is 5.91 Å². The van der Waals surface area contributed by atoms with E-state index in [1.54, 1.807) is 0 Å². The Hall–Kier alpha value is -0.810. The number of ether oxygens (including phenoxy) is 2. The van der Waals surface area contributed by atoms with Gasteiger partial charge in [-0.2, -0.15) is 0 Å². The Morgan fingerprint density at radius 3 is 2.59 bits per heavy atom. The molecule has 3 rings (SSSR count). The minimum absolute atomic E-state index is 0.0000679. The fourth-order valence-electron chi connectivity index (χ4n) is 4.62. The van der Waals surface area contributed by atoms with Crippen LogP contribution in [0.1, 0.15) is 19.3 Å². The molecule has 9 heteroatoms. The number of nitrogens with zero attached hydrogens (tertiary/aromatic N) is 2. The van der Waals surface area contributed by atoms with Crippen molar-refractivity contribution in [2.75, 3.05) is 59.6 Å². The van der Waals surface area contributed by atoms with Crippen LogP contribution in [-0.4, -0.2) is 116 Å². The van der Waals surface area contributed by atoms with Gasteiger partial charge in [-0.15, -0.1) is 0 Å². The van der Waals surface area contributed by atoms with Gasteiger partial charge in [-0.1, -0.05) is 0 Å². The molecule has 9 nitrogen and oxygen atoms in total. The molecule has 0 aromatic carbocycles. The summed E-state index contributed by atoms with van der Waals surface area (Å²) in [7, 11) is 1.48. The summed E-state index contributed by atoms with van der Waals surface area (Å²) in [5, 5.41) is 25.4. The summed E-state index contributed by atoms with van der Waals surface area (Å²) in [6.07, 6.45) is 2.73. The van der Waals surface area contributed by atoms with Gasteiger partial charge in [-0.05, 0) is 12.8 Å². The monoisotopic (exact) mass is 387 g/mol. The molecule has 0 spiro atoms. The van der Waals surface area contributed by atoms with E-state index >= 15 is 0 Å². The predicted octanol–water partition coefficient (Wildman–Crippen LogP) is -3.07. The number of carbonyl (C=O) groups excluding carboxylic acids is 1. The van der Waals surface area contributed by atoms with Gasteiger partial charge in [0.1, 0.15) is 25.0 Å². The first kappa shape index (κ1) is 20.9. The molecule has 156 valence electrons. The summed E-state index contributed by atoms with van der Waals surface area (Å²) in [6.45, 7) is 4.94. The van der Waals surface area contributed by atoms with E-state index in [4.69, 9.17) is 9.47 Å². The molecule has 3 heterocycles. The van der Waals surface area contributed by atoms with E-state index in [2.05, 4.69) is 20.4 Å². The van der Waals surface area contributed by atoms with E-state index in [0.717, 1.165) is 26.2 Å². The van der Waals surface area contributed by atoms with E-state index in [0.29, 0.717) is 12.7 Å². The number of carbonyl (C=O) groups is 1. The maximum atomic E-state index is 11.7. The van der Waals surface area contributed by atoms with Crippen LogP contribution in [0.25, 0.3) is 0 Å². The zero-order chi connectivity index (χ0) is 19.2. The third-order valence-corrected chi connectivity index (χ3v) is 6.05. The number of amides is 1. The molecule has 27 heavy (non-hydrogen) atoms. The fourth-order valence-corrected chi connectivity index (χ4v) is 4.62. The average Bonchev–Trinajstić information content (AvgIpc) is 3.03. The molecule has 3 aliphatic rings. The average molecular weight is 388 g/mol. The molecule has 0 saturated carbocycles. The van der Waals surface area contributed by atoms with Crippen molar-refractivity contribution in [3.05, 3.63) is 0 Å². The standard InChI is InChI=1S/C18H34N4O5/c1-26-12-16(24)20-10-13-17(18(25)14(11-23)27-13)22-8-6-21(7-9-22)15-4-2-3-5-19-15/h13-15,17-19,23,25H,2-12H2,1H3,(H,20,24)/p+1/t13-,14-,15?,17-,18+/m0/s1. The molecular weight excluding hydrogens is 352 g/mol. The molecule has 1 amide bonds. The minimum Gasteiger partial charge on any atom is -0.394 e. The third-order valence-electron chi connectivity index (χ3n) is 6.05. The first-order chi connectivity index (χ1) is 13.1. The number of rotatable bonds is 7. The number of piperidine rings is 1. The van der Waals surface area contributed by atoms with E-state index < -0.39 is 12.2 Å². The van der Waals surface area contributed by atoms with Crippen LogP contribution in [0.2, 0.25) is 0 Å². The van der Waals surface area contributed by atoms with E-state index in [1.165, 1.54) is 32.9 Å². The Morgan fingerprint density at radius 1 is 1.22 bits per heavy atom. The number of nitrogens with one attached hydrogen (secondary N) is 1. The Morgan fingerprint density at radius 2 is 1.96 bits per heavy atom. The molecule has 0 radical (unpaired) electrons. The number of methoxy groups -OCH3 is 1. The lowest BCUT2D eigenvalue weighted by atomic mass is 10.0. The number of hydrogen-bond acceptors (Lipinski definition) is 7. The van der Waals surface area contributed by atoms with Gasteiger partial charge in [0.15, 0.2) is 0 Å². The van der Waals surface area contributed by atoms with Crippen LogP contribution in [0.5, 0.6) is 0 Å². The Kier molecular flexibility index (Phi) is 7.83. The summed E-state index contributed by atoms with van der Waals surface area (Å²) in [5.41, 5.74) is 0. The molecule has 1 unspecified atom stereocenters. The van der Waals surface area contributed by atoms with Crippen LogP contribution in [-0.2, 0) is 14.3 Å². The van der Waals surface area contributed by atoms with Crippen LogP contribution in [0, 0.1) is 0 Å². The van der Waals surface area contributed by atoms with Crippen molar-refractivity contribution in [3.63, 3.8) is 0 Å². The summed E-state index contributed by atoms with van der Waals surface area (Å²) in [6, 6.07) is -0.220. The topological polar surface area (TPSA) is 111 Å².